The fourth-order valence-corrected chi connectivity index (χ4v) is 9.68. The molecule has 3 rings (SSSR count). The third kappa shape index (κ3) is 78.4. The Hall–Kier alpha value is -2.02. The van der Waals surface area contributed by atoms with E-state index in [-0.39, 0.29) is 17.6 Å². The average Bonchev–Trinajstić information content (AvgIpc) is 3.60. The van der Waals surface area contributed by atoms with Crippen molar-refractivity contribution < 1.29 is 23.7 Å². The molecule has 8 unspecified atom stereocenters. The summed E-state index contributed by atoms with van der Waals surface area (Å²) in [6, 6.07) is 7.93. The van der Waals surface area contributed by atoms with Crippen molar-refractivity contribution in [3.8, 4) is 0 Å². The highest BCUT2D eigenvalue weighted by atomic mass is 16.6. The molecule has 23 nitrogen and oxygen atoms in total. The molecule has 2 fully saturated rings. The van der Waals surface area contributed by atoms with Crippen LogP contribution in [0.1, 0.15) is 195 Å². The molecule has 8 atom stereocenters. The van der Waals surface area contributed by atoms with Crippen LogP contribution in [0, 0.1) is 29.1 Å². The van der Waals surface area contributed by atoms with Crippen molar-refractivity contribution >= 4 is 11.4 Å². The van der Waals surface area contributed by atoms with Crippen molar-refractivity contribution in [3.05, 3.63) is 24.3 Å². The fraction of sp³-hybridized carbons (Fsp3) is 0.910. The van der Waals surface area contributed by atoms with E-state index in [2.05, 4.69) is 27.7 Å². The molecule has 1 aromatic carbocycles. The molecule has 23 heteroatoms. The summed E-state index contributed by atoms with van der Waals surface area (Å²) in [6.07, 6.45) is 32.3. The highest BCUT2D eigenvalue weighted by molar-refractivity contribution is 5.50. The first-order valence-electron chi connectivity index (χ1n) is 35.3. The van der Waals surface area contributed by atoms with Crippen molar-refractivity contribution in [2.45, 2.75) is 219 Å². The van der Waals surface area contributed by atoms with Gasteiger partial charge < -0.3 is 127 Å². The normalized spacial score (nSPS) is 17.3. The van der Waals surface area contributed by atoms with Gasteiger partial charge >= 0.3 is 0 Å². The van der Waals surface area contributed by atoms with Gasteiger partial charge in [0.1, 0.15) is 12.2 Å². The Bertz CT molecular complexity index is 1400. The van der Waals surface area contributed by atoms with Gasteiger partial charge in [-0.25, -0.2) is 0 Å². The summed E-state index contributed by atoms with van der Waals surface area (Å²) in [4.78, 5) is 0. The summed E-state index contributed by atoms with van der Waals surface area (Å²) in [6.45, 7) is 22.3. The lowest BCUT2D eigenvalue weighted by Crippen LogP contribution is -2.35. The zero-order chi connectivity index (χ0) is 68.6. The quantitative estimate of drug-likeness (QED) is 0.0319. The van der Waals surface area contributed by atoms with Gasteiger partial charge in [-0.3, -0.25) is 0 Å². The predicted molar refractivity (Wildman–Crippen MR) is 389 cm³/mol. The van der Waals surface area contributed by atoms with Crippen LogP contribution in [0.4, 0.5) is 11.4 Å². The Kier molecular flexibility index (Phi) is 83.4. The molecule has 2 aliphatic rings. The van der Waals surface area contributed by atoms with Crippen LogP contribution < -0.4 is 103 Å². The molecule has 1 aromatic rings. The number of nitrogen functional groups attached to an aromatic ring is 2. The van der Waals surface area contributed by atoms with E-state index in [4.69, 9.17) is 127 Å². The molecule has 0 radical (unpaired) electrons. The monoisotopic (exact) mass is 1290 g/mol. The number of hydrogen-bond donors (Lipinski definition) is 18. The van der Waals surface area contributed by atoms with Gasteiger partial charge in [-0.1, -0.05) is 111 Å². The molecule has 0 aromatic heterocycles. The van der Waals surface area contributed by atoms with Crippen molar-refractivity contribution in [2.24, 2.45) is 121 Å². The van der Waals surface area contributed by atoms with E-state index in [1.165, 1.54) is 135 Å². The number of unbranched alkanes of at least 4 members (excludes halogenated alkanes) is 12. The molecule has 0 bridgehead atoms. The Morgan fingerprint density at radius 3 is 1.08 bits per heavy atom. The Morgan fingerprint density at radius 1 is 0.422 bits per heavy atom. The van der Waals surface area contributed by atoms with Crippen LogP contribution in [0.15, 0.2) is 24.3 Å². The smallest absolute Gasteiger partial charge is 0.104 e. The second-order valence-corrected chi connectivity index (χ2v) is 25.2. The van der Waals surface area contributed by atoms with Gasteiger partial charge in [-0.15, -0.1) is 0 Å². The van der Waals surface area contributed by atoms with E-state index in [9.17, 15) is 0 Å². The van der Waals surface area contributed by atoms with E-state index in [1.807, 2.05) is 6.07 Å². The molecule has 90 heavy (non-hydrogen) atoms. The van der Waals surface area contributed by atoms with Crippen molar-refractivity contribution in [1.82, 2.24) is 0 Å². The first-order valence-corrected chi connectivity index (χ1v) is 35.3. The molecule has 0 aliphatic heterocycles. The van der Waals surface area contributed by atoms with E-state index in [0.29, 0.717) is 114 Å². The lowest BCUT2D eigenvalue weighted by molar-refractivity contribution is -0.0920. The Morgan fingerprint density at radius 2 is 0.789 bits per heavy atom. The maximum atomic E-state index is 5.66. The summed E-state index contributed by atoms with van der Waals surface area (Å²) in [5.41, 5.74) is 99.8. The largest absolute Gasteiger partial charge is 0.399 e. The second-order valence-electron chi connectivity index (χ2n) is 25.2. The SMILES string of the molecule is CC(CCN)CC(C)(C)CN.CC(CN)CCCN.NC1CCCC(N)C1.NCC1CCCC(CN)C1.NCCCCCCCCCCCCN.NCCCCCCN.NCCOCC(COCC(COCCN)OCCN)OCCN.Nc1cccc(N)c1. The van der Waals surface area contributed by atoms with Gasteiger partial charge in [0, 0.05) is 49.6 Å². The number of nitrogens with two attached hydrogens (primary N) is 18. The Balaban J connectivity index is -0.000000316. The van der Waals surface area contributed by atoms with Crippen LogP contribution in [0.25, 0.3) is 0 Å². The third-order valence-corrected chi connectivity index (χ3v) is 15.1. The van der Waals surface area contributed by atoms with Gasteiger partial charge in [0.05, 0.1) is 52.9 Å². The standard InChI is InChI=1S/C14H34N4O5.C12H28N2.C9H22N2.C8H18N2.C6H14N2.C6H8N2.2C6H16N2/c15-1-5-19-9-13(22-7-3-17)11-21-12-14(23-8-4-18)10-20-6-2-16;13-11-9-7-5-3-1-2-4-6-8-10-12-14;1-8(4-5-10)6-9(2,3)7-11;9-5-7-2-1-3-8(4-7)6-10;2*7-5-2-1-3-6(8)4-5;1-6(5-8)3-2-4-7;7-5-3-1-2-4-6-8/h13-14H,1-12,15-18H2;1-14H2;8H,4-7,10-11H2,1-3H3;7-8H,1-6,9-10H2;5-6H,1-4,7-8H2;1-4H,7-8H2;6H,2-5,7-8H2,1H3;1-8H2. The van der Waals surface area contributed by atoms with Crippen LogP contribution in [-0.4, -0.2) is 169 Å². The molecule has 0 saturated heterocycles. The maximum absolute atomic E-state index is 5.66. The topological polar surface area (TPSA) is 515 Å². The summed E-state index contributed by atoms with van der Waals surface area (Å²) in [5, 5.41) is 0. The molecule has 0 spiro atoms. The predicted octanol–water partition coefficient (Wildman–Crippen LogP) is 4.35. The molecular weight excluding hydrogens is 1140 g/mol. The van der Waals surface area contributed by atoms with Crippen LogP contribution in [0.3, 0.4) is 0 Å². The first-order chi connectivity index (χ1) is 43.4. The molecular formula is C67H156N18O5. The number of benzene rings is 1. The van der Waals surface area contributed by atoms with Crippen LogP contribution >= 0.6 is 0 Å². The fourth-order valence-electron chi connectivity index (χ4n) is 9.68. The van der Waals surface area contributed by atoms with Gasteiger partial charge in [-0.05, 0) is 203 Å². The number of anilines is 2. The first kappa shape index (κ1) is 96.7. The molecule has 0 amide bonds. The van der Waals surface area contributed by atoms with Gasteiger partial charge in [0.2, 0.25) is 0 Å². The summed E-state index contributed by atoms with van der Waals surface area (Å²) < 4.78 is 27.6. The highest BCUT2D eigenvalue weighted by Crippen LogP contribution is 2.27. The maximum Gasteiger partial charge on any atom is 0.104 e. The summed E-state index contributed by atoms with van der Waals surface area (Å²) in [7, 11) is 0. The molecule has 2 saturated carbocycles. The van der Waals surface area contributed by atoms with E-state index < -0.39 is 0 Å². The zero-order valence-corrected chi connectivity index (χ0v) is 58.8. The van der Waals surface area contributed by atoms with E-state index >= 15 is 0 Å². The van der Waals surface area contributed by atoms with Crippen molar-refractivity contribution in [2.75, 3.05) is 156 Å². The van der Waals surface area contributed by atoms with E-state index in [1.54, 1.807) is 18.2 Å². The van der Waals surface area contributed by atoms with E-state index in [0.717, 1.165) is 109 Å². The molecule has 544 valence electrons. The highest BCUT2D eigenvalue weighted by Gasteiger charge is 2.20. The van der Waals surface area contributed by atoms with Gasteiger partial charge in [-0.2, -0.15) is 0 Å². The lowest BCUT2D eigenvalue weighted by Gasteiger charge is -2.26. The summed E-state index contributed by atoms with van der Waals surface area (Å²) >= 11 is 0. The second kappa shape index (κ2) is 77.7. The average molecular weight is 1290 g/mol. The van der Waals surface area contributed by atoms with Crippen LogP contribution in [0.2, 0.25) is 0 Å². The van der Waals surface area contributed by atoms with Gasteiger partial charge in [0.15, 0.2) is 0 Å². The molecule has 0 heterocycles. The van der Waals surface area contributed by atoms with Crippen molar-refractivity contribution in [3.63, 3.8) is 0 Å². The van der Waals surface area contributed by atoms with Crippen LogP contribution in [-0.2, 0) is 23.7 Å². The minimum absolute atomic E-state index is 0.190. The zero-order valence-electron chi connectivity index (χ0n) is 58.8. The number of hydrogen-bond acceptors (Lipinski definition) is 23. The van der Waals surface area contributed by atoms with Crippen molar-refractivity contribution in [1.29, 1.82) is 0 Å². The minimum Gasteiger partial charge on any atom is -0.399 e. The minimum atomic E-state index is -0.190. The lowest BCUT2D eigenvalue weighted by atomic mass is 9.81. The Labute approximate surface area is 552 Å². The molecule has 36 N–H and O–H groups in total. The summed E-state index contributed by atoms with van der Waals surface area (Å²) in [5.74, 6) is 2.89. The van der Waals surface area contributed by atoms with Crippen LogP contribution in [0.5, 0.6) is 0 Å². The third-order valence-electron chi connectivity index (χ3n) is 15.1. The molecule has 2 aliphatic carbocycles. The van der Waals surface area contributed by atoms with Gasteiger partial charge in [0.25, 0.3) is 0 Å². The number of ether oxygens (including phenoxy) is 5. The number of rotatable bonds is 45.